The van der Waals surface area contributed by atoms with Crippen molar-refractivity contribution in [3.63, 3.8) is 0 Å². The Hall–Kier alpha value is -2.79. The van der Waals surface area contributed by atoms with Crippen LogP contribution in [0.4, 0.5) is 11.4 Å². The number of anilines is 2. The summed E-state index contributed by atoms with van der Waals surface area (Å²) in [5, 5.41) is 7.47. The quantitative estimate of drug-likeness (QED) is 0.576. The lowest BCUT2D eigenvalue weighted by molar-refractivity contribution is 0.102. The minimum absolute atomic E-state index is 0.134. The molecule has 0 radical (unpaired) electrons. The Kier molecular flexibility index (Phi) is 5.35. The molecule has 1 aromatic heterocycles. The number of para-hydroxylation sites is 1. The van der Waals surface area contributed by atoms with Crippen LogP contribution in [0, 0.1) is 0 Å². The molecule has 0 bridgehead atoms. The summed E-state index contributed by atoms with van der Waals surface area (Å²) in [6.07, 6.45) is 5.61. The minimum Gasteiger partial charge on any atom is -0.421 e. The lowest BCUT2D eigenvalue weighted by Gasteiger charge is -2.25. The minimum atomic E-state index is -0.576. The molecule has 6 heteroatoms. The lowest BCUT2D eigenvalue weighted by Crippen LogP contribution is -2.26. The number of hydrogen-bond acceptors (Lipinski definition) is 4. The molecule has 0 aliphatic heterocycles. The largest absolute Gasteiger partial charge is 0.421 e. The van der Waals surface area contributed by atoms with E-state index < -0.39 is 11.5 Å². The van der Waals surface area contributed by atoms with Crippen LogP contribution in [0.25, 0.3) is 11.0 Å². The molecule has 0 atom stereocenters. The van der Waals surface area contributed by atoms with E-state index in [0.29, 0.717) is 21.9 Å². The van der Waals surface area contributed by atoms with Crippen molar-refractivity contribution >= 4 is 39.9 Å². The van der Waals surface area contributed by atoms with Crippen LogP contribution in [-0.2, 0) is 0 Å². The van der Waals surface area contributed by atoms with Crippen LogP contribution in [0.1, 0.15) is 42.5 Å². The average Bonchev–Trinajstić information content (AvgIpc) is 2.71. The Morgan fingerprint density at radius 2 is 1.79 bits per heavy atom. The van der Waals surface area contributed by atoms with Gasteiger partial charge in [-0.1, -0.05) is 49.1 Å². The SMILES string of the molecule is O=C(Nc1c(NC2CCCCC2)c2ccccc2oc1=O)c1cccc(Cl)c1. The van der Waals surface area contributed by atoms with Gasteiger partial charge < -0.3 is 15.1 Å². The summed E-state index contributed by atoms with van der Waals surface area (Å²) < 4.78 is 5.45. The maximum atomic E-state index is 12.7. The van der Waals surface area contributed by atoms with Gasteiger partial charge in [-0.25, -0.2) is 4.79 Å². The van der Waals surface area contributed by atoms with Gasteiger partial charge in [-0.3, -0.25) is 4.79 Å². The zero-order chi connectivity index (χ0) is 19.5. The number of nitrogens with one attached hydrogen (secondary N) is 2. The molecule has 0 unspecified atom stereocenters. The molecule has 3 aromatic rings. The first-order valence-electron chi connectivity index (χ1n) is 9.51. The predicted molar refractivity (Wildman–Crippen MR) is 112 cm³/mol. The molecule has 1 saturated carbocycles. The highest BCUT2D eigenvalue weighted by Crippen LogP contribution is 2.32. The first-order valence-corrected chi connectivity index (χ1v) is 9.89. The number of rotatable bonds is 4. The molecule has 2 N–H and O–H groups in total. The Bertz CT molecular complexity index is 1070. The first kappa shape index (κ1) is 18.6. The van der Waals surface area contributed by atoms with Crippen molar-refractivity contribution in [3.8, 4) is 0 Å². The van der Waals surface area contributed by atoms with E-state index in [-0.39, 0.29) is 11.7 Å². The van der Waals surface area contributed by atoms with Gasteiger partial charge in [0.25, 0.3) is 5.91 Å². The highest BCUT2D eigenvalue weighted by atomic mass is 35.5. The van der Waals surface area contributed by atoms with Crippen molar-refractivity contribution in [1.82, 2.24) is 0 Å². The number of hydrogen-bond donors (Lipinski definition) is 2. The molecular weight excluding hydrogens is 376 g/mol. The van der Waals surface area contributed by atoms with E-state index in [9.17, 15) is 9.59 Å². The van der Waals surface area contributed by atoms with Crippen molar-refractivity contribution < 1.29 is 9.21 Å². The maximum Gasteiger partial charge on any atom is 0.362 e. The fourth-order valence-electron chi connectivity index (χ4n) is 3.68. The van der Waals surface area contributed by atoms with Crippen LogP contribution in [-0.4, -0.2) is 11.9 Å². The number of carbonyl (C=O) groups excluding carboxylic acids is 1. The second-order valence-corrected chi connectivity index (χ2v) is 7.52. The fraction of sp³-hybridized carbons (Fsp3) is 0.273. The van der Waals surface area contributed by atoms with Gasteiger partial charge in [0.2, 0.25) is 0 Å². The van der Waals surface area contributed by atoms with Crippen LogP contribution < -0.4 is 16.3 Å². The zero-order valence-electron chi connectivity index (χ0n) is 15.3. The Balaban J connectivity index is 1.75. The Morgan fingerprint density at radius 3 is 2.57 bits per heavy atom. The summed E-state index contributed by atoms with van der Waals surface area (Å²) in [5.74, 6) is -0.406. The van der Waals surface area contributed by atoms with E-state index >= 15 is 0 Å². The fourth-order valence-corrected chi connectivity index (χ4v) is 3.87. The van der Waals surface area contributed by atoms with Gasteiger partial charge in [0.1, 0.15) is 5.58 Å². The van der Waals surface area contributed by atoms with E-state index in [1.54, 1.807) is 30.3 Å². The average molecular weight is 397 g/mol. The highest BCUT2D eigenvalue weighted by molar-refractivity contribution is 6.31. The topological polar surface area (TPSA) is 71.3 Å². The number of carbonyl (C=O) groups is 1. The van der Waals surface area contributed by atoms with E-state index in [0.717, 1.165) is 31.1 Å². The standard InChI is InChI=1S/C22H21ClN2O3/c23-15-8-6-7-14(13-15)21(26)25-20-19(24-16-9-2-1-3-10-16)17-11-4-5-12-18(17)28-22(20)27/h4-8,11-13,16,24H,1-3,9-10H2,(H,25,26). The molecule has 1 aliphatic rings. The molecule has 1 fully saturated rings. The van der Waals surface area contributed by atoms with E-state index in [2.05, 4.69) is 10.6 Å². The van der Waals surface area contributed by atoms with Gasteiger partial charge in [0.05, 0.1) is 5.69 Å². The van der Waals surface area contributed by atoms with Gasteiger partial charge in [0.15, 0.2) is 5.69 Å². The first-order chi connectivity index (χ1) is 13.6. The third-order valence-electron chi connectivity index (χ3n) is 5.09. The predicted octanol–water partition coefficient (Wildman–Crippen LogP) is 5.44. The van der Waals surface area contributed by atoms with Crippen molar-refractivity contribution in [2.75, 3.05) is 10.6 Å². The molecule has 144 valence electrons. The van der Waals surface area contributed by atoms with Crippen molar-refractivity contribution in [2.45, 2.75) is 38.1 Å². The summed E-state index contributed by atoms with van der Waals surface area (Å²) in [6.45, 7) is 0. The summed E-state index contributed by atoms with van der Waals surface area (Å²) in [5.41, 5.74) is 1.05. The zero-order valence-corrected chi connectivity index (χ0v) is 16.1. The molecule has 5 nitrogen and oxygen atoms in total. The molecule has 0 spiro atoms. The third-order valence-corrected chi connectivity index (χ3v) is 5.33. The Labute approximate surface area is 167 Å². The van der Waals surface area contributed by atoms with Gasteiger partial charge >= 0.3 is 5.63 Å². The number of fused-ring (bicyclic) bond motifs is 1. The van der Waals surface area contributed by atoms with Crippen LogP contribution in [0.15, 0.2) is 57.7 Å². The number of amides is 1. The molecule has 4 rings (SSSR count). The molecule has 1 amide bonds. The van der Waals surface area contributed by atoms with Crippen molar-refractivity contribution in [2.24, 2.45) is 0 Å². The van der Waals surface area contributed by atoms with E-state index in [4.69, 9.17) is 16.0 Å². The monoisotopic (exact) mass is 396 g/mol. The lowest BCUT2D eigenvalue weighted by atomic mass is 9.95. The summed E-state index contributed by atoms with van der Waals surface area (Å²) in [4.78, 5) is 25.4. The normalized spacial score (nSPS) is 14.8. The van der Waals surface area contributed by atoms with Crippen LogP contribution in [0.5, 0.6) is 0 Å². The summed E-state index contributed by atoms with van der Waals surface area (Å²) in [6, 6.07) is 14.2. The molecule has 28 heavy (non-hydrogen) atoms. The second-order valence-electron chi connectivity index (χ2n) is 7.08. The van der Waals surface area contributed by atoms with Crippen molar-refractivity contribution in [3.05, 3.63) is 69.5 Å². The molecule has 0 saturated heterocycles. The van der Waals surface area contributed by atoms with Gasteiger partial charge in [-0.15, -0.1) is 0 Å². The molecule has 1 heterocycles. The van der Waals surface area contributed by atoms with Crippen LogP contribution in [0.2, 0.25) is 5.02 Å². The highest BCUT2D eigenvalue weighted by Gasteiger charge is 2.21. The summed E-state index contributed by atoms with van der Waals surface area (Å²) >= 11 is 5.99. The van der Waals surface area contributed by atoms with Gasteiger partial charge in [0, 0.05) is 22.0 Å². The smallest absolute Gasteiger partial charge is 0.362 e. The number of halogens is 1. The van der Waals surface area contributed by atoms with Crippen LogP contribution in [0.3, 0.4) is 0 Å². The second kappa shape index (κ2) is 8.07. The van der Waals surface area contributed by atoms with Gasteiger partial charge in [-0.2, -0.15) is 0 Å². The number of benzene rings is 2. The Morgan fingerprint density at radius 1 is 1.00 bits per heavy atom. The third kappa shape index (κ3) is 3.90. The molecular formula is C22H21ClN2O3. The molecule has 2 aromatic carbocycles. The van der Waals surface area contributed by atoms with Gasteiger partial charge in [-0.05, 0) is 43.2 Å². The molecule has 1 aliphatic carbocycles. The summed E-state index contributed by atoms with van der Waals surface area (Å²) in [7, 11) is 0. The van der Waals surface area contributed by atoms with E-state index in [1.165, 1.54) is 6.42 Å². The van der Waals surface area contributed by atoms with Crippen molar-refractivity contribution in [1.29, 1.82) is 0 Å². The van der Waals surface area contributed by atoms with Crippen LogP contribution >= 0.6 is 11.6 Å². The maximum absolute atomic E-state index is 12.7. The van der Waals surface area contributed by atoms with E-state index in [1.807, 2.05) is 18.2 Å².